The molecule has 0 radical (unpaired) electrons. The highest BCUT2D eigenvalue weighted by atomic mass is 35.5. The SMILES string of the molecule is C=CCN.Cl.O=C(O)O. The normalized spacial score (nSPS) is 5.44. The van der Waals surface area contributed by atoms with Crippen molar-refractivity contribution in [2.75, 3.05) is 6.54 Å². The van der Waals surface area contributed by atoms with Gasteiger partial charge in [0.1, 0.15) is 0 Å². The van der Waals surface area contributed by atoms with E-state index in [9.17, 15) is 0 Å². The summed E-state index contributed by atoms with van der Waals surface area (Å²) in [6.07, 6.45) is -0.181. The first-order valence-corrected chi connectivity index (χ1v) is 1.88. The summed E-state index contributed by atoms with van der Waals surface area (Å²) in [4.78, 5) is 8.56. The fourth-order valence-corrected chi connectivity index (χ4v) is 0. The van der Waals surface area contributed by atoms with Gasteiger partial charge in [0.25, 0.3) is 0 Å². The van der Waals surface area contributed by atoms with Crippen LogP contribution in [0.25, 0.3) is 0 Å². The summed E-state index contributed by atoms with van der Waals surface area (Å²) < 4.78 is 0. The Balaban J connectivity index is -0.0000000720. The van der Waals surface area contributed by atoms with E-state index in [0.29, 0.717) is 6.54 Å². The third kappa shape index (κ3) is 2970. The average molecular weight is 156 g/mol. The number of halogens is 1. The molecule has 4 nitrogen and oxygen atoms in total. The Labute approximate surface area is 59.4 Å². The minimum absolute atomic E-state index is 0. The summed E-state index contributed by atoms with van der Waals surface area (Å²) in [5, 5.41) is 13.9. The van der Waals surface area contributed by atoms with E-state index in [1.165, 1.54) is 0 Å². The Morgan fingerprint density at radius 3 is 1.78 bits per heavy atom. The molecule has 56 valence electrons. The standard InChI is InChI=1S/C3H7N.CH2O3.ClH/c1-2-3-4;2-1(3)4;/h2H,1,3-4H2;(H2,2,3,4);1H. The molecule has 0 aromatic carbocycles. The van der Waals surface area contributed by atoms with Gasteiger partial charge in [0.2, 0.25) is 0 Å². The minimum Gasteiger partial charge on any atom is -0.450 e. The van der Waals surface area contributed by atoms with Crippen LogP contribution >= 0.6 is 12.4 Å². The summed E-state index contributed by atoms with van der Waals surface area (Å²) in [6, 6.07) is 0. The number of hydrogen-bond acceptors (Lipinski definition) is 2. The van der Waals surface area contributed by atoms with Crippen molar-refractivity contribution in [3.8, 4) is 0 Å². The lowest BCUT2D eigenvalue weighted by Gasteiger charge is -1.61. The fraction of sp³-hybridized carbons (Fsp3) is 0.250. The molecular formula is C4H10ClNO3. The zero-order valence-corrected chi connectivity index (χ0v) is 5.60. The average Bonchev–Trinajstić information content (AvgIpc) is 1.65. The number of rotatable bonds is 1. The number of hydrogen-bond donors (Lipinski definition) is 3. The van der Waals surface area contributed by atoms with Crippen LogP contribution in [-0.2, 0) is 0 Å². The van der Waals surface area contributed by atoms with E-state index in [1.54, 1.807) is 6.08 Å². The van der Waals surface area contributed by atoms with Crippen LogP contribution in [0.5, 0.6) is 0 Å². The molecule has 0 rings (SSSR count). The molecule has 4 N–H and O–H groups in total. The highest BCUT2D eigenvalue weighted by Crippen LogP contribution is 1.42. The lowest BCUT2D eigenvalue weighted by atomic mass is 10.7. The second kappa shape index (κ2) is 15.7. The molecule has 0 aromatic heterocycles. The van der Waals surface area contributed by atoms with E-state index in [2.05, 4.69) is 6.58 Å². The molecule has 0 spiro atoms. The monoisotopic (exact) mass is 155 g/mol. The first-order chi connectivity index (χ1) is 3.65. The second-order valence-corrected chi connectivity index (χ2v) is 0.807. The summed E-state index contributed by atoms with van der Waals surface area (Å²) in [6.45, 7) is 3.94. The van der Waals surface area contributed by atoms with Gasteiger partial charge in [-0.3, -0.25) is 0 Å². The molecular weight excluding hydrogens is 146 g/mol. The quantitative estimate of drug-likeness (QED) is 0.489. The molecule has 0 aliphatic heterocycles. The maximum atomic E-state index is 8.56. The van der Waals surface area contributed by atoms with Gasteiger partial charge in [-0.15, -0.1) is 19.0 Å². The van der Waals surface area contributed by atoms with Crippen molar-refractivity contribution in [2.24, 2.45) is 5.73 Å². The van der Waals surface area contributed by atoms with Gasteiger partial charge in [-0.05, 0) is 0 Å². The molecule has 0 saturated heterocycles. The maximum Gasteiger partial charge on any atom is 0.503 e. The highest BCUT2D eigenvalue weighted by molar-refractivity contribution is 5.85. The Kier molecular flexibility index (Phi) is 27.4. The van der Waals surface area contributed by atoms with Gasteiger partial charge in [0.05, 0.1) is 0 Å². The third-order valence-corrected chi connectivity index (χ3v) is 0.167. The summed E-state index contributed by atoms with van der Waals surface area (Å²) in [7, 11) is 0. The summed E-state index contributed by atoms with van der Waals surface area (Å²) in [5.74, 6) is 0. The molecule has 0 fully saturated rings. The van der Waals surface area contributed by atoms with Gasteiger partial charge >= 0.3 is 6.16 Å². The number of carbonyl (C=O) groups is 1. The molecule has 0 aromatic rings. The van der Waals surface area contributed by atoms with Crippen molar-refractivity contribution in [1.29, 1.82) is 0 Å². The smallest absolute Gasteiger partial charge is 0.450 e. The van der Waals surface area contributed by atoms with E-state index >= 15 is 0 Å². The van der Waals surface area contributed by atoms with Crippen LogP contribution in [0.2, 0.25) is 0 Å². The van der Waals surface area contributed by atoms with Crippen molar-refractivity contribution >= 4 is 18.6 Å². The lowest BCUT2D eigenvalue weighted by Crippen LogP contribution is -1.90. The third-order valence-electron chi connectivity index (χ3n) is 0.167. The van der Waals surface area contributed by atoms with Crippen molar-refractivity contribution < 1.29 is 15.0 Å². The van der Waals surface area contributed by atoms with E-state index in [4.69, 9.17) is 20.7 Å². The van der Waals surface area contributed by atoms with Crippen molar-refractivity contribution in [2.45, 2.75) is 0 Å². The molecule has 9 heavy (non-hydrogen) atoms. The first-order valence-electron chi connectivity index (χ1n) is 1.88. The topological polar surface area (TPSA) is 83.6 Å². The maximum absolute atomic E-state index is 8.56. The number of carboxylic acid groups (broad SMARTS) is 2. The minimum atomic E-state index is -1.83. The predicted molar refractivity (Wildman–Crippen MR) is 37.2 cm³/mol. The molecule has 0 aliphatic rings. The van der Waals surface area contributed by atoms with Crippen LogP contribution in [0.4, 0.5) is 4.79 Å². The van der Waals surface area contributed by atoms with Crippen LogP contribution < -0.4 is 5.73 Å². The zero-order chi connectivity index (χ0) is 6.99. The predicted octanol–water partition coefficient (Wildman–Crippen LogP) is 0.775. The Bertz CT molecular complexity index is 72.2. The highest BCUT2D eigenvalue weighted by Gasteiger charge is 1.70. The van der Waals surface area contributed by atoms with Crippen LogP contribution in [0, 0.1) is 0 Å². The fourth-order valence-electron chi connectivity index (χ4n) is 0. The van der Waals surface area contributed by atoms with Crippen LogP contribution in [-0.4, -0.2) is 22.9 Å². The van der Waals surface area contributed by atoms with E-state index < -0.39 is 6.16 Å². The molecule has 0 saturated carbocycles. The van der Waals surface area contributed by atoms with E-state index in [1.807, 2.05) is 0 Å². The summed E-state index contributed by atoms with van der Waals surface area (Å²) in [5.41, 5.74) is 4.91. The molecule has 0 unspecified atom stereocenters. The van der Waals surface area contributed by atoms with Gasteiger partial charge < -0.3 is 15.9 Å². The van der Waals surface area contributed by atoms with Crippen molar-refractivity contribution in [1.82, 2.24) is 0 Å². The first kappa shape index (κ1) is 15.7. The molecule has 0 atom stereocenters. The Hall–Kier alpha value is -0.740. The Morgan fingerprint density at radius 1 is 1.67 bits per heavy atom. The van der Waals surface area contributed by atoms with Gasteiger partial charge in [0, 0.05) is 6.54 Å². The van der Waals surface area contributed by atoms with Gasteiger partial charge in [-0.25, -0.2) is 4.79 Å². The van der Waals surface area contributed by atoms with Crippen LogP contribution in [0.3, 0.4) is 0 Å². The zero-order valence-electron chi connectivity index (χ0n) is 4.78. The van der Waals surface area contributed by atoms with E-state index in [-0.39, 0.29) is 12.4 Å². The summed E-state index contributed by atoms with van der Waals surface area (Å²) >= 11 is 0. The van der Waals surface area contributed by atoms with Crippen LogP contribution in [0.1, 0.15) is 0 Å². The second-order valence-electron chi connectivity index (χ2n) is 0.807. The van der Waals surface area contributed by atoms with Gasteiger partial charge in [0.15, 0.2) is 0 Å². The molecule has 0 heterocycles. The molecule has 0 bridgehead atoms. The van der Waals surface area contributed by atoms with E-state index in [0.717, 1.165) is 0 Å². The number of nitrogens with two attached hydrogens (primary N) is 1. The molecule has 5 heteroatoms. The molecule has 0 aliphatic carbocycles. The Morgan fingerprint density at radius 2 is 1.78 bits per heavy atom. The van der Waals surface area contributed by atoms with Gasteiger partial charge in [-0.2, -0.15) is 0 Å². The van der Waals surface area contributed by atoms with Gasteiger partial charge in [-0.1, -0.05) is 6.08 Å². The molecule has 0 amide bonds. The van der Waals surface area contributed by atoms with Crippen LogP contribution in [0.15, 0.2) is 12.7 Å². The van der Waals surface area contributed by atoms with Crippen molar-refractivity contribution in [3.63, 3.8) is 0 Å². The largest absolute Gasteiger partial charge is 0.503 e. The van der Waals surface area contributed by atoms with Crippen molar-refractivity contribution in [3.05, 3.63) is 12.7 Å². The lowest BCUT2D eigenvalue weighted by molar-refractivity contribution is 0.137.